The van der Waals surface area contributed by atoms with E-state index in [1.807, 2.05) is 11.3 Å². The summed E-state index contributed by atoms with van der Waals surface area (Å²) in [6, 6.07) is 6.58. The molecular formula is C16H28N2S. The predicted octanol–water partition coefficient (Wildman–Crippen LogP) is 3.45. The van der Waals surface area contributed by atoms with E-state index in [9.17, 15) is 0 Å². The number of thiophene rings is 1. The summed E-state index contributed by atoms with van der Waals surface area (Å²) >= 11 is 1.95. The van der Waals surface area contributed by atoms with Gasteiger partial charge in [-0.15, -0.1) is 11.3 Å². The fraction of sp³-hybridized carbons (Fsp3) is 0.750. The van der Waals surface area contributed by atoms with Gasteiger partial charge >= 0.3 is 0 Å². The number of hydrogen-bond acceptors (Lipinski definition) is 3. The Labute approximate surface area is 122 Å². The molecule has 0 spiro atoms. The van der Waals surface area contributed by atoms with Crippen molar-refractivity contribution in [1.29, 1.82) is 0 Å². The van der Waals surface area contributed by atoms with Crippen molar-refractivity contribution in [1.82, 2.24) is 10.2 Å². The predicted molar refractivity (Wildman–Crippen MR) is 85.1 cm³/mol. The number of nitrogens with zero attached hydrogens (tertiary/aromatic N) is 1. The molecule has 3 atom stereocenters. The fourth-order valence-corrected chi connectivity index (χ4v) is 4.09. The van der Waals surface area contributed by atoms with Crippen LogP contribution in [0, 0.1) is 6.92 Å². The Morgan fingerprint density at radius 3 is 2.74 bits per heavy atom. The molecule has 2 nitrogen and oxygen atoms in total. The molecule has 1 N–H and O–H groups in total. The average molecular weight is 280 g/mol. The van der Waals surface area contributed by atoms with E-state index in [-0.39, 0.29) is 0 Å². The van der Waals surface area contributed by atoms with Gasteiger partial charge in [-0.3, -0.25) is 4.90 Å². The van der Waals surface area contributed by atoms with Crippen LogP contribution in [0.15, 0.2) is 12.1 Å². The highest BCUT2D eigenvalue weighted by atomic mass is 32.1. The molecule has 0 aromatic carbocycles. The fourth-order valence-electron chi connectivity index (χ4n) is 3.08. The van der Waals surface area contributed by atoms with Crippen molar-refractivity contribution in [2.75, 3.05) is 13.1 Å². The third kappa shape index (κ3) is 3.80. The number of piperazine rings is 1. The second-order valence-electron chi connectivity index (χ2n) is 5.84. The minimum Gasteiger partial charge on any atom is -0.311 e. The lowest BCUT2D eigenvalue weighted by Gasteiger charge is -2.43. The van der Waals surface area contributed by atoms with Crippen LogP contribution in [0.2, 0.25) is 0 Å². The van der Waals surface area contributed by atoms with E-state index in [0.717, 1.165) is 6.54 Å². The first kappa shape index (κ1) is 15.0. The van der Waals surface area contributed by atoms with Gasteiger partial charge in [0, 0.05) is 41.0 Å². The Bertz CT molecular complexity index is 388. The molecule has 2 rings (SSSR count). The van der Waals surface area contributed by atoms with Crippen molar-refractivity contribution < 1.29 is 0 Å². The second-order valence-corrected chi connectivity index (χ2v) is 7.21. The van der Waals surface area contributed by atoms with E-state index in [0.29, 0.717) is 18.1 Å². The Kier molecular flexibility index (Phi) is 5.43. The molecule has 3 unspecified atom stereocenters. The van der Waals surface area contributed by atoms with Crippen LogP contribution in [0.25, 0.3) is 0 Å². The SMILES string of the molecule is CCC1CN(C(C)Cc2ccc(C)s2)C(CC)CN1. The van der Waals surface area contributed by atoms with Crippen LogP contribution in [0.4, 0.5) is 0 Å². The first-order chi connectivity index (χ1) is 9.13. The van der Waals surface area contributed by atoms with Gasteiger partial charge in [0.2, 0.25) is 0 Å². The van der Waals surface area contributed by atoms with Crippen molar-refractivity contribution in [3.8, 4) is 0 Å². The first-order valence-corrected chi connectivity index (χ1v) is 8.50. The summed E-state index contributed by atoms with van der Waals surface area (Å²) in [6.07, 6.45) is 3.68. The maximum atomic E-state index is 3.68. The zero-order chi connectivity index (χ0) is 13.8. The van der Waals surface area contributed by atoms with Crippen LogP contribution in [0.3, 0.4) is 0 Å². The first-order valence-electron chi connectivity index (χ1n) is 7.68. The molecule has 1 aromatic rings. The lowest BCUT2D eigenvalue weighted by molar-refractivity contribution is 0.0855. The van der Waals surface area contributed by atoms with Crippen LogP contribution >= 0.6 is 11.3 Å². The number of rotatable bonds is 5. The van der Waals surface area contributed by atoms with Gasteiger partial charge < -0.3 is 5.32 Å². The summed E-state index contributed by atoms with van der Waals surface area (Å²) in [5, 5.41) is 3.68. The number of nitrogens with one attached hydrogen (secondary N) is 1. The zero-order valence-electron chi connectivity index (χ0n) is 12.8. The normalized spacial score (nSPS) is 26.5. The standard InChI is InChI=1S/C16H28N2S/c1-5-14-11-18(15(6-2)10-17-14)12(3)9-16-8-7-13(4)19-16/h7-8,12,14-15,17H,5-6,9-11H2,1-4H3. The molecule has 3 heteroatoms. The summed E-state index contributed by atoms with van der Waals surface area (Å²) in [4.78, 5) is 5.70. The molecule has 1 saturated heterocycles. The van der Waals surface area contributed by atoms with Crippen molar-refractivity contribution >= 4 is 11.3 Å². The van der Waals surface area contributed by atoms with E-state index in [1.54, 1.807) is 0 Å². The number of aryl methyl sites for hydroxylation is 1. The third-order valence-corrected chi connectivity index (χ3v) is 5.39. The maximum Gasteiger partial charge on any atom is 0.0221 e. The minimum absolute atomic E-state index is 0.652. The lowest BCUT2D eigenvalue weighted by atomic mass is 10.0. The third-order valence-electron chi connectivity index (χ3n) is 4.37. The van der Waals surface area contributed by atoms with E-state index in [4.69, 9.17) is 0 Å². The highest BCUT2D eigenvalue weighted by molar-refractivity contribution is 7.11. The summed E-state index contributed by atoms with van der Waals surface area (Å²) in [5.41, 5.74) is 0. The molecule has 0 amide bonds. The Morgan fingerprint density at radius 2 is 2.16 bits per heavy atom. The second kappa shape index (κ2) is 6.87. The monoisotopic (exact) mass is 280 g/mol. The zero-order valence-corrected chi connectivity index (χ0v) is 13.6. The molecule has 1 aromatic heterocycles. The van der Waals surface area contributed by atoms with Gasteiger partial charge in [-0.1, -0.05) is 13.8 Å². The summed E-state index contributed by atoms with van der Waals surface area (Å²) < 4.78 is 0. The highest BCUT2D eigenvalue weighted by Gasteiger charge is 2.29. The smallest absolute Gasteiger partial charge is 0.0221 e. The van der Waals surface area contributed by atoms with Crippen LogP contribution < -0.4 is 5.32 Å². The van der Waals surface area contributed by atoms with Gasteiger partial charge in [0.25, 0.3) is 0 Å². The van der Waals surface area contributed by atoms with Gasteiger partial charge in [0.1, 0.15) is 0 Å². The van der Waals surface area contributed by atoms with Crippen LogP contribution in [0.1, 0.15) is 43.4 Å². The van der Waals surface area contributed by atoms with Crippen molar-refractivity contribution in [2.45, 2.75) is 65.1 Å². The molecule has 0 radical (unpaired) electrons. The maximum absolute atomic E-state index is 3.68. The Hall–Kier alpha value is -0.380. The molecule has 19 heavy (non-hydrogen) atoms. The van der Waals surface area contributed by atoms with Crippen molar-refractivity contribution in [2.24, 2.45) is 0 Å². The van der Waals surface area contributed by atoms with Crippen molar-refractivity contribution in [3.63, 3.8) is 0 Å². The molecule has 108 valence electrons. The molecule has 1 fully saturated rings. The molecule has 0 aliphatic carbocycles. The molecule has 2 heterocycles. The van der Waals surface area contributed by atoms with E-state index >= 15 is 0 Å². The van der Waals surface area contributed by atoms with Gasteiger partial charge in [-0.25, -0.2) is 0 Å². The highest BCUT2D eigenvalue weighted by Crippen LogP contribution is 2.22. The van der Waals surface area contributed by atoms with E-state index in [2.05, 4.69) is 50.0 Å². The largest absolute Gasteiger partial charge is 0.311 e. The molecule has 0 saturated carbocycles. The molecular weight excluding hydrogens is 252 g/mol. The lowest BCUT2D eigenvalue weighted by Crippen LogP contribution is -2.58. The quantitative estimate of drug-likeness (QED) is 0.888. The number of hydrogen-bond donors (Lipinski definition) is 1. The van der Waals surface area contributed by atoms with Gasteiger partial charge in [-0.2, -0.15) is 0 Å². The summed E-state index contributed by atoms with van der Waals surface area (Å²) in [7, 11) is 0. The van der Waals surface area contributed by atoms with Crippen LogP contribution in [-0.4, -0.2) is 36.1 Å². The molecule has 1 aliphatic rings. The van der Waals surface area contributed by atoms with Gasteiger partial charge in [0.15, 0.2) is 0 Å². The summed E-state index contributed by atoms with van der Waals surface area (Å²) in [5.74, 6) is 0. The Morgan fingerprint density at radius 1 is 1.37 bits per heavy atom. The topological polar surface area (TPSA) is 15.3 Å². The van der Waals surface area contributed by atoms with Crippen molar-refractivity contribution in [3.05, 3.63) is 21.9 Å². The minimum atomic E-state index is 0.652. The van der Waals surface area contributed by atoms with E-state index < -0.39 is 0 Å². The van der Waals surface area contributed by atoms with E-state index in [1.165, 1.54) is 35.6 Å². The Balaban J connectivity index is 1.99. The van der Waals surface area contributed by atoms with Crippen LogP contribution in [0.5, 0.6) is 0 Å². The molecule has 0 bridgehead atoms. The average Bonchev–Trinajstić information content (AvgIpc) is 2.83. The van der Waals surface area contributed by atoms with Gasteiger partial charge in [-0.05, 0) is 45.2 Å². The van der Waals surface area contributed by atoms with Crippen LogP contribution in [-0.2, 0) is 6.42 Å². The van der Waals surface area contributed by atoms with Gasteiger partial charge in [0.05, 0.1) is 0 Å². The summed E-state index contributed by atoms with van der Waals surface area (Å²) in [6.45, 7) is 11.6. The molecule has 1 aliphatic heterocycles.